The van der Waals surface area contributed by atoms with Gasteiger partial charge in [0.15, 0.2) is 0 Å². The summed E-state index contributed by atoms with van der Waals surface area (Å²) in [6, 6.07) is 0.477. The molecule has 0 atom stereocenters. The van der Waals surface area contributed by atoms with Crippen molar-refractivity contribution < 1.29 is 0 Å². The van der Waals surface area contributed by atoms with Crippen LogP contribution in [0.3, 0.4) is 0 Å². The molecule has 0 aromatic carbocycles. The van der Waals surface area contributed by atoms with Gasteiger partial charge in [0.2, 0.25) is 0 Å². The van der Waals surface area contributed by atoms with Crippen LogP contribution in [0.2, 0.25) is 0 Å². The van der Waals surface area contributed by atoms with Gasteiger partial charge >= 0.3 is 0 Å². The van der Waals surface area contributed by atoms with Gasteiger partial charge < -0.3 is 11.5 Å². The lowest BCUT2D eigenvalue weighted by Crippen LogP contribution is -2.27. The lowest BCUT2D eigenvalue weighted by Gasteiger charge is -2.25. The molecule has 1 saturated carbocycles. The first-order valence-electron chi connectivity index (χ1n) is 4.40. The van der Waals surface area contributed by atoms with E-state index in [2.05, 4.69) is 0 Å². The largest absolute Gasteiger partial charge is 0.330 e. The summed E-state index contributed by atoms with van der Waals surface area (Å²) in [6.07, 6.45) is 5.02. The van der Waals surface area contributed by atoms with E-state index in [4.69, 9.17) is 11.5 Å². The molecule has 0 bridgehead atoms. The quantitative estimate of drug-likeness (QED) is 0.670. The van der Waals surface area contributed by atoms with Gasteiger partial charge in [-0.2, -0.15) is 11.8 Å². The van der Waals surface area contributed by atoms with E-state index in [1.165, 1.54) is 25.7 Å². The molecule has 66 valence electrons. The summed E-state index contributed by atoms with van der Waals surface area (Å²) in [6.45, 7) is 0.813. The van der Waals surface area contributed by atoms with E-state index in [1.54, 1.807) is 0 Å². The molecule has 1 fully saturated rings. The van der Waals surface area contributed by atoms with Gasteiger partial charge in [0, 0.05) is 23.6 Å². The molecule has 0 aromatic rings. The Balaban J connectivity index is 2.07. The van der Waals surface area contributed by atoms with Gasteiger partial charge in [-0.05, 0) is 25.7 Å². The van der Waals surface area contributed by atoms with Crippen LogP contribution in [0.25, 0.3) is 0 Å². The topological polar surface area (TPSA) is 52.0 Å². The van der Waals surface area contributed by atoms with Crippen LogP contribution in [-0.4, -0.2) is 23.6 Å². The van der Waals surface area contributed by atoms with Crippen LogP contribution in [0.4, 0.5) is 0 Å². The van der Waals surface area contributed by atoms with Crippen molar-refractivity contribution in [2.24, 2.45) is 11.5 Å². The maximum Gasteiger partial charge on any atom is 0.00586 e. The third kappa shape index (κ3) is 3.45. The predicted molar refractivity (Wildman–Crippen MR) is 51.7 cm³/mol. The second-order valence-corrected chi connectivity index (χ2v) is 4.60. The first kappa shape index (κ1) is 9.36. The standard InChI is InChI=1S/C8H18N2S/c9-5-6-11-8-3-1-7(10)2-4-8/h7-8H,1-6,9-10H2. The molecule has 1 aliphatic rings. The zero-order valence-electron chi connectivity index (χ0n) is 6.96. The summed E-state index contributed by atoms with van der Waals surface area (Å²) < 4.78 is 0. The molecule has 4 N–H and O–H groups in total. The zero-order chi connectivity index (χ0) is 8.10. The number of hydrogen-bond acceptors (Lipinski definition) is 3. The van der Waals surface area contributed by atoms with Crippen molar-refractivity contribution in [1.82, 2.24) is 0 Å². The van der Waals surface area contributed by atoms with E-state index in [1.807, 2.05) is 11.8 Å². The maximum atomic E-state index is 5.79. The highest BCUT2D eigenvalue weighted by Crippen LogP contribution is 2.27. The Morgan fingerprint density at radius 1 is 1.18 bits per heavy atom. The van der Waals surface area contributed by atoms with E-state index in [9.17, 15) is 0 Å². The van der Waals surface area contributed by atoms with E-state index in [0.717, 1.165) is 17.5 Å². The fourth-order valence-corrected chi connectivity index (χ4v) is 2.56. The smallest absolute Gasteiger partial charge is 0.00586 e. The monoisotopic (exact) mass is 174 g/mol. The fraction of sp³-hybridized carbons (Fsp3) is 1.00. The summed E-state index contributed by atoms with van der Waals surface area (Å²) in [5, 5.41) is 0.846. The van der Waals surface area contributed by atoms with Gasteiger partial charge in [-0.15, -0.1) is 0 Å². The summed E-state index contributed by atoms with van der Waals surface area (Å²) in [4.78, 5) is 0. The molecule has 1 aliphatic carbocycles. The summed E-state index contributed by atoms with van der Waals surface area (Å²) in [7, 11) is 0. The van der Waals surface area contributed by atoms with Gasteiger partial charge in [-0.25, -0.2) is 0 Å². The van der Waals surface area contributed by atoms with Crippen molar-refractivity contribution in [3.8, 4) is 0 Å². The minimum atomic E-state index is 0.477. The van der Waals surface area contributed by atoms with Crippen LogP contribution in [0.15, 0.2) is 0 Å². The van der Waals surface area contributed by atoms with Crippen LogP contribution < -0.4 is 11.5 Å². The maximum absolute atomic E-state index is 5.79. The molecule has 1 rings (SSSR count). The minimum Gasteiger partial charge on any atom is -0.330 e. The first-order chi connectivity index (χ1) is 5.33. The zero-order valence-corrected chi connectivity index (χ0v) is 7.78. The van der Waals surface area contributed by atoms with Gasteiger partial charge in [0.05, 0.1) is 0 Å². The minimum absolute atomic E-state index is 0.477. The van der Waals surface area contributed by atoms with Crippen molar-refractivity contribution in [3.63, 3.8) is 0 Å². The molecule has 0 spiro atoms. The van der Waals surface area contributed by atoms with Crippen molar-refractivity contribution in [2.45, 2.75) is 37.0 Å². The SMILES string of the molecule is NCCSC1CCC(N)CC1. The molecular weight excluding hydrogens is 156 g/mol. The van der Waals surface area contributed by atoms with Gasteiger partial charge in [-0.3, -0.25) is 0 Å². The Kier molecular flexibility index (Phi) is 4.26. The Hall–Kier alpha value is 0.270. The average molecular weight is 174 g/mol. The lowest BCUT2D eigenvalue weighted by atomic mass is 9.96. The summed E-state index contributed by atoms with van der Waals surface area (Å²) >= 11 is 2.02. The third-order valence-corrected chi connectivity index (χ3v) is 3.60. The molecule has 0 saturated heterocycles. The van der Waals surface area contributed by atoms with Crippen molar-refractivity contribution in [2.75, 3.05) is 12.3 Å². The van der Waals surface area contributed by atoms with Crippen LogP contribution in [0, 0.1) is 0 Å². The van der Waals surface area contributed by atoms with Crippen molar-refractivity contribution >= 4 is 11.8 Å². The van der Waals surface area contributed by atoms with E-state index in [0.29, 0.717) is 6.04 Å². The van der Waals surface area contributed by atoms with Crippen LogP contribution >= 0.6 is 11.8 Å². The van der Waals surface area contributed by atoms with Crippen molar-refractivity contribution in [3.05, 3.63) is 0 Å². The highest BCUT2D eigenvalue weighted by molar-refractivity contribution is 7.99. The first-order valence-corrected chi connectivity index (χ1v) is 5.45. The number of thioether (sulfide) groups is 1. The Morgan fingerprint density at radius 2 is 1.82 bits per heavy atom. The van der Waals surface area contributed by atoms with E-state index in [-0.39, 0.29) is 0 Å². The molecule has 11 heavy (non-hydrogen) atoms. The normalized spacial score (nSPS) is 32.2. The predicted octanol–water partition coefficient (Wildman–Crippen LogP) is 0.948. The lowest BCUT2D eigenvalue weighted by molar-refractivity contribution is 0.451. The molecule has 2 nitrogen and oxygen atoms in total. The number of nitrogens with two attached hydrogens (primary N) is 2. The Morgan fingerprint density at radius 3 is 2.36 bits per heavy atom. The van der Waals surface area contributed by atoms with Crippen LogP contribution in [0.5, 0.6) is 0 Å². The molecule has 0 aromatic heterocycles. The van der Waals surface area contributed by atoms with Gasteiger partial charge in [0.25, 0.3) is 0 Å². The molecule has 3 heteroatoms. The number of rotatable bonds is 3. The van der Waals surface area contributed by atoms with Crippen molar-refractivity contribution in [1.29, 1.82) is 0 Å². The molecule has 0 heterocycles. The Labute approximate surface area is 73.1 Å². The highest BCUT2D eigenvalue weighted by atomic mass is 32.2. The summed E-state index contributed by atoms with van der Waals surface area (Å²) in [5.41, 5.74) is 11.2. The van der Waals surface area contributed by atoms with Crippen LogP contribution in [0.1, 0.15) is 25.7 Å². The Bertz CT molecular complexity index is 97.5. The van der Waals surface area contributed by atoms with Gasteiger partial charge in [-0.1, -0.05) is 0 Å². The van der Waals surface area contributed by atoms with Crippen LogP contribution in [-0.2, 0) is 0 Å². The van der Waals surface area contributed by atoms with E-state index >= 15 is 0 Å². The van der Waals surface area contributed by atoms with E-state index < -0.39 is 0 Å². The highest BCUT2D eigenvalue weighted by Gasteiger charge is 2.17. The fourth-order valence-electron chi connectivity index (χ4n) is 1.49. The average Bonchev–Trinajstić information content (AvgIpc) is 2.04. The molecule has 0 amide bonds. The summed E-state index contributed by atoms with van der Waals surface area (Å²) in [5.74, 6) is 1.11. The van der Waals surface area contributed by atoms with Gasteiger partial charge in [0.1, 0.15) is 0 Å². The molecular formula is C8H18N2S. The number of hydrogen-bond donors (Lipinski definition) is 2. The third-order valence-electron chi connectivity index (χ3n) is 2.19. The second kappa shape index (κ2) is 5.01. The molecule has 0 radical (unpaired) electrons. The second-order valence-electron chi connectivity index (χ2n) is 3.20. The molecule has 0 aliphatic heterocycles. The molecule has 0 unspecified atom stereocenters.